The van der Waals surface area contributed by atoms with Gasteiger partial charge in [-0.25, -0.2) is 24.3 Å². The number of aromatic nitrogens is 6. The highest BCUT2D eigenvalue weighted by Crippen LogP contribution is 2.41. The number of halogens is 1. The number of amides is 1. The smallest absolute Gasteiger partial charge is 0.245 e. The van der Waals surface area contributed by atoms with Crippen LogP contribution in [-0.2, 0) is 11.3 Å². The highest BCUT2D eigenvalue weighted by molar-refractivity contribution is 5.87. The Morgan fingerprint density at radius 2 is 1.77 bits per heavy atom. The molecule has 0 atom stereocenters. The zero-order valence-electron chi connectivity index (χ0n) is 23.5. The van der Waals surface area contributed by atoms with E-state index in [1.165, 1.54) is 17.7 Å². The van der Waals surface area contributed by atoms with Crippen molar-refractivity contribution < 1.29 is 9.18 Å². The van der Waals surface area contributed by atoms with Crippen LogP contribution in [0.25, 0.3) is 39.8 Å². The normalized spacial score (nSPS) is 16.3. The van der Waals surface area contributed by atoms with Gasteiger partial charge in [-0.15, -0.1) is 0 Å². The number of fused-ring (bicyclic) bond motifs is 1. The van der Waals surface area contributed by atoms with E-state index in [9.17, 15) is 9.18 Å². The van der Waals surface area contributed by atoms with Gasteiger partial charge in [-0.2, -0.15) is 0 Å². The van der Waals surface area contributed by atoms with E-state index in [2.05, 4.69) is 38.6 Å². The van der Waals surface area contributed by atoms with Gasteiger partial charge in [-0.1, -0.05) is 18.7 Å². The maximum Gasteiger partial charge on any atom is 0.245 e. The summed E-state index contributed by atoms with van der Waals surface area (Å²) in [5.41, 5.74) is 11.3. The zero-order chi connectivity index (χ0) is 29.6. The topological polar surface area (TPSA) is 119 Å². The molecule has 10 nitrogen and oxygen atoms in total. The fourth-order valence-electron chi connectivity index (χ4n) is 6.20. The third kappa shape index (κ3) is 5.01. The number of benzene rings is 1. The molecule has 0 radical (unpaired) electrons. The molecule has 1 aromatic carbocycles. The van der Waals surface area contributed by atoms with Gasteiger partial charge in [0.05, 0.1) is 23.7 Å². The predicted octanol–water partition coefficient (Wildman–Crippen LogP) is 4.27. The Labute approximate surface area is 247 Å². The van der Waals surface area contributed by atoms with Gasteiger partial charge in [0, 0.05) is 44.6 Å². The summed E-state index contributed by atoms with van der Waals surface area (Å²) in [5, 5.41) is 0. The molecule has 2 fully saturated rings. The molecule has 2 N–H and O–H groups in total. The Kier molecular flexibility index (Phi) is 6.66. The second-order valence-corrected chi connectivity index (χ2v) is 11.3. The first-order valence-corrected chi connectivity index (χ1v) is 14.2. The van der Waals surface area contributed by atoms with Crippen LogP contribution in [-0.4, -0.2) is 71.4 Å². The lowest BCUT2D eigenvalue weighted by Gasteiger charge is -2.54. The maximum absolute atomic E-state index is 13.5. The SMILES string of the molecule is C=CC(=O)N1CCC2(CC1)CN(Cc1ccc(-n3c(-c4cccnc4N)nc4ncc(-c5ccc(F)cn5)nc43)cc1)C2. The van der Waals surface area contributed by atoms with Crippen molar-refractivity contribution in [1.82, 2.24) is 39.3 Å². The molecule has 5 aromatic rings. The molecule has 0 aliphatic carbocycles. The van der Waals surface area contributed by atoms with Crippen molar-refractivity contribution in [1.29, 1.82) is 0 Å². The number of anilines is 1. The van der Waals surface area contributed by atoms with Crippen LogP contribution < -0.4 is 5.73 Å². The lowest BCUT2D eigenvalue weighted by Crippen LogP contribution is -2.60. The molecule has 43 heavy (non-hydrogen) atoms. The van der Waals surface area contributed by atoms with E-state index in [0.29, 0.717) is 45.3 Å². The standard InChI is InChI=1S/C32H30FN9O/c1-2-27(43)41-14-11-32(12-15-41)19-40(20-32)18-21-5-8-23(9-6-21)42-30(24-4-3-13-35-28(24)34)39-29-31(42)38-26(17-37-29)25-10-7-22(33)16-36-25/h2-10,13,16-17H,1,11-12,14-15,18-20H2,(H2,34,35). The molecule has 2 aliphatic heterocycles. The number of rotatable bonds is 6. The number of hydrogen-bond donors (Lipinski definition) is 1. The number of likely N-dealkylation sites (tertiary alicyclic amines) is 2. The number of nitrogens with two attached hydrogens (primary N) is 1. The van der Waals surface area contributed by atoms with E-state index in [0.717, 1.165) is 57.4 Å². The summed E-state index contributed by atoms with van der Waals surface area (Å²) >= 11 is 0. The first-order chi connectivity index (χ1) is 20.9. The highest BCUT2D eigenvalue weighted by atomic mass is 19.1. The van der Waals surface area contributed by atoms with Crippen LogP contribution in [0, 0.1) is 11.2 Å². The number of nitrogens with zero attached hydrogens (tertiary/aromatic N) is 8. The Bertz CT molecular complexity index is 1820. The minimum Gasteiger partial charge on any atom is -0.383 e. The van der Waals surface area contributed by atoms with Crippen molar-refractivity contribution in [2.24, 2.45) is 5.41 Å². The maximum atomic E-state index is 13.5. The average Bonchev–Trinajstić information content (AvgIpc) is 3.40. The van der Waals surface area contributed by atoms with Gasteiger partial charge in [-0.05, 0) is 66.3 Å². The van der Waals surface area contributed by atoms with Gasteiger partial charge < -0.3 is 10.6 Å². The van der Waals surface area contributed by atoms with E-state index < -0.39 is 5.82 Å². The van der Waals surface area contributed by atoms with Gasteiger partial charge in [0.15, 0.2) is 17.1 Å². The second kappa shape index (κ2) is 10.7. The predicted molar refractivity (Wildman–Crippen MR) is 161 cm³/mol. The van der Waals surface area contributed by atoms with Gasteiger partial charge in [0.25, 0.3) is 0 Å². The lowest BCUT2D eigenvalue weighted by atomic mass is 9.72. The Balaban J connectivity index is 1.16. The van der Waals surface area contributed by atoms with Gasteiger partial charge in [-0.3, -0.25) is 19.2 Å². The third-order valence-electron chi connectivity index (χ3n) is 8.47. The molecular weight excluding hydrogens is 545 g/mol. The summed E-state index contributed by atoms with van der Waals surface area (Å²) in [4.78, 5) is 38.9. The number of imidazole rings is 1. The van der Waals surface area contributed by atoms with Crippen LogP contribution >= 0.6 is 0 Å². The van der Waals surface area contributed by atoms with Crippen LogP contribution in [0.15, 0.2) is 79.8 Å². The van der Waals surface area contributed by atoms with Gasteiger partial charge >= 0.3 is 0 Å². The molecule has 0 unspecified atom stereocenters. The summed E-state index contributed by atoms with van der Waals surface area (Å²) in [5.74, 6) is 0.530. The van der Waals surface area contributed by atoms with Crippen LogP contribution in [0.2, 0.25) is 0 Å². The van der Waals surface area contributed by atoms with E-state index in [-0.39, 0.29) is 5.91 Å². The fourth-order valence-corrected chi connectivity index (χ4v) is 6.20. The molecule has 11 heteroatoms. The van der Waals surface area contributed by atoms with Crippen molar-refractivity contribution in [3.8, 4) is 28.5 Å². The first kappa shape index (κ1) is 26.8. The van der Waals surface area contributed by atoms with Crippen LogP contribution in [0.5, 0.6) is 0 Å². The van der Waals surface area contributed by atoms with Crippen molar-refractivity contribution in [3.63, 3.8) is 0 Å². The number of carbonyl (C=O) groups excluding carboxylic acids is 1. The quantitative estimate of drug-likeness (QED) is 0.298. The summed E-state index contributed by atoms with van der Waals surface area (Å²) in [6, 6.07) is 14.9. The van der Waals surface area contributed by atoms with E-state index >= 15 is 0 Å². The Hall–Kier alpha value is -5.03. The molecule has 6 heterocycles. The highest BCUT2D eigenvalue weighted by Gasteiger charge is 2.44. The molecule has 1 spiro atoms. The van der Waals surface area contributed by atoms with Crippen molar-refractivity contribution in [2.75, 3.05) is 31.9 Å². The van der Waals surface area contributed by atoms with E-state index in [1.54, 1.807) is 18.5 Å². The van der Waals surface area contributed by atoms with Crippen molar-refractivity contribution in [3.05, 3.63) is 91.2 Å². The molecule has 2 saturated heterocycles. The molecule has 0 saturated carbocycles. The average molecular weight is 576 g/mol. The number of nitrogen functional groups attached to an aromatic ring is 1. The molecule has 4 aromatic heterocycles. The minimum absolute atomic E-state index is 0.0282. The molecule has 1 amide bonds. The van der Waals surface area contributed by atoms with Gasteiger partial charge in [0.2, 0.25) is 5.91 Å². The lowest BCUT2D eigenvalue weighted by molar-refractivity contribution is -0.131. The summed E-state index contributed by atoms with van der Waals surface area (Å²) in [7, 11) is 0. The molecule has 0 bridgehead atoms. The Morgan fingerprint density at radius 1 is 0.977 bits per heavy atom. The zero-order valence-corrected chi connectivity index (χ0v) is 23.5. The number of pyridine rings is 2. The first-order valence-electron chi connectivity index (χ1n) is 14.2. The van der Waals surface area contributed by atoms with Crippen LogP contribution in [0.1, 0.15) is 18.4 Å². The Morgan fingerprint density at radius 3 is 2.47 bits per heavy atom. The molecule has 7 rings (SSSR count). The number of piperidine rings is 1. The van der Waals surface area contributed by atoms with Crippen molar-refractivity contribution >= 4 is 23.0 Å². The number of hydrogen-bond acceptors (Lipinski definition) is 8. The third-order valence-corrected chi connectivity index (χ3v) is 8.47. The van der Waals surface area contributed by atoms with E-state index in [1.807, 2.05) is 33.7 Å². The van der Waals surface area contributed by atoms with Crippen LogP contribution in [0.3, 0.4) is 0 Å². The van der Waals surface area contributed by atoms with Crippen molar-refractivity contribution in [2.45, 2.75) is 19.4 Å². The fraction of sp³-hybridized carbons (Fsp3) is 0.250. The van der Waals surface area contributed by atoms with E-state index in [4.69, 9.17) is 15.7 Å². The monoisotopic (exact) mass is 575 g/mol. The second-order valence-electron chi connectivity index (χ2n) is 11.3. The minimum atomic E-state index is -0.420. The summed E-state index contributed by atoms with van der Waals surface area (Å²) < 4.78 is 15.4. The largest absolute Gasteiger partial charge is 0.383 e. The molecular formula is C32H30FN9O. The summed E-state index contributed by atoms with van der Waals surface area (Å²) in [6.07, 6.45) is 7.86. The van der Waals surface area contributed by atoms with Crippen LogP contribution in [0.4, 0.5) is 10.2 Å². The van der Waals surface area contributed by atoms with Gasteiger partial charge in [0.1, 0.15) is 17.3 Å². The molecule has 2 aliphatic rings. The number of carbonyl (C=O) groups is 1. The molecule has 216 valence electrons. The summed E-state index contributed by atoms with van der Waals surface area (Å²) in [6.45, 7) is 8.15.